The van der Waals surface area contributed by atoms with Gasteiger partial charge in [0, 0.05) is 18.3 Å². The van der Waals surface area contributed by atoms with E-state index in [1.807, 2.05) is 31.3 Å². The molecular weight excluding hydrogens is 364 g/mol. The highest BCUT2D eigenvalue weighted by Gasteiger charge is 2.16. The average Bonchev–Trinajstić information content (AvgIpc) is 2.71. The van der Waals surface area contributed by atoms with Crippen LogP contribution >= 0.6 is 0 Å². The third-order valence-corrected chi connectivity index (χ3v) is 4.08. The number of methoxy groups -OCH3 is 2. The number of ketones is 1. The topological polar surface area (TPSA) is 71.7 Å². The zero-order valence-electron chi connectivity index (χ0n) is 18.4. The Morgan fingerprint density at radius 2 is 1.69 bits per heavy atom. The van der Waals surface area contributed by atoms with Crippen LogP contribution in [-0.2, 0) is 0 Å². The monoisotopic (exact) mass is 394 g/mol. The van der Waals surface area contributed by atoms with Gasteiger partial charge in [-0.05, 0) is 54.7 Å². The molecule has 0 aliphatic carbocycles. The van der Waals surface area contributed by atoms with Crippen LogP contribution in [0.1, 0.15) is 55.6 Å². The summed E-state index contributed by atoms with van der Waals surface area (Å²) in [6.07, 6.45) is 0.930. The van der Waals surface area contributed by atoms with Gasteiger partial charge in [-0.1, -0.05) is 32.9 Å². The zero-order valence-corrected chi connectivity index (χ0v) is 18.4. The minimum Gasteiger partial charge on any atom is -0.493 e. The van der Waals surface area contributed by atoms with Gasteiger partial charge in [-0.3, -0.25) is 9.79 Å². The molecule has 0 amide bonds. The first-order chi connectivity index (χ1) is 13.6. The Balaban J connectivity index is 0.000000326. The highest BCUT2D eigenvalue weighted by atomic mass is 16.5. The van der Waals surface area contributed by atoms with Crippen molar-refractivity contribution in [1.29, 1.82) is 5.26 Å². The molecule has 0 heterocycles. The molecule has 0 spiro atoms. The second kappa shape index (κ2) is 11.0. The van der Waals surface area contributed by atoms with Crippen molar-refractivity contribution >= 4 is 11.5 Å². The van der Waals surface area contributed by atoms with Gasteiger partial charge in [-0.25, -0.2) is 0 Å². The van der Waals surface area contributed by atoms with Gasteiger partial charge in [-0.2, -0.15) is 5.26 Å². The summed E-state index contributed by atoms with van der Waals surface area (Å²) in [5, 5.41) is 8.48. The van der Waals surface area contributed by atoms with Crippen LogP contribution < -0.4 is 9.47 Å². The van der Waals surface area contributed by atoms with Crippen molar-refractivity contribution in [2.45, 2.75) is 34.1 Å². The molecule has 0 saturated heterocycles. The summed E-state index contributed by atoms with van der Waals surface area (Å²) in [7, 11) is 5.12. The summed E-state index contributed by atoms with van der Waals surface area (Å²) in [6.45, 7) is 8.10. The first-order valence-corrected chi connectivity index (χ1v) is 9.34. The van der Waals surface area contributed by atoms with Gasteiger partial charge in [0.25, 0.3) is 0 Å². The van der Waals surface area contributed by atoms with E-state index in [0.717, 1.165) is 29.2 Å². The van der Waals surface area contributed by atoms with Crippen LogP contribution in [0.25, 0.3) is 0 Å². The molecule has 2 rings (SSSR count). The maximum absolute atomic E-state index is 10.8. The number of benzene rings is 2. The molecule has 0 aromatic heterocycles. The van der Waals surface area contributed by atoms with Gasteiger partial charge >= 0.3 is 0 Å². The van der Waals surface area contributed by atoms with Crippen LogP contribution in [0.3, 0.4) is 0 Å². The van der Waals surface area contributed by atoms with E-state index in [1.165, 1.54) is 6.92 Å². The predicted octanol–water partition coefficient (Wildman–Crippen LogP) is 5.32. The summed E-state index contributed by atoms with van der Waals surface area (Å²) >= 11 is 0. The van der Waals surface area contributed by atoms with Crippen molar-refractivity contribution in [2.24, 2.45) is 10.4 Å². The summed E-state index contributed by atoms with van der Waals surface area (Å²) in [4.78, 5) is 15.2. The first kappa shape index (κ1) is 23.9. The maximum atomic E-state index is 10.8. The number of ether oxygens (including phenoxy) is 2. The fraction of sp³-hybridized carbons (Fsp3) is 0.375. The molecule has 29 heavy (non-hydrogen) atoms. The van der Waals surface area contributed by atoms with Crippen LogP contribution in [0.2, 0.25) is 0 Å². The largest absolute Gasteiger partial charge is 0.493 e. The van der Waals surface area contributed by atoms with Gasteiger partial charge in [0.15, 0.2) is 17.3 Å². The van der Waals surface area contributed by atoms with Crippen LogP contribution in [0, 0.1) is 16.7 Å². The molecule has 0 N–H and O–H groups in total. The predicted molar refractivity (Wildman–Crippen MR) is 117 cm³/mol. The number of hydrogen-bond donors (Lipinski definition) is 0. The fourth-order valence-electron chi connectivity index (χ4n) is 2.64. The number of rotatable bonds is 5. The van der Waals surface area contributed by atoms with E-state index < -0.39 is 0 Å². The van der Waals surface area contributed by atoms with E-state index in [4.69, 9.17) is 14.7 Å². The van der Waals surface area contributed by atoms with Gasteiger partial charge in [0.2, 0.25) is 0 Å². The molecule has 0 fully saturated rings. The Bertz CT molecular complexity index is 903. The molecule has 0 bridgehead atoms. The maximum Gasteiger partial charge on any atom is 0.161 e. The fourth-order valence-corrected chi connectivity index (χ4v) is 2.64. The Morgan fingerprint density at radius 1 is 1.03 bits per heavy atom. The highest BCUT2D eigenvalue weighted by Crippen LogP contribution is 2.30. The van der Waals surface area contributed by atoms with Crippen molar-refractivity contribution in [3.63, 3.8) is 0 Å². The lowest BCUT2D eigenvalue weighted by Gasteiger charge is -2.20. The Labute approximate surface area is 174 Å². The lowest BCUT2D eigenvalue weighted by atomic mass is 9.87. The Morgan fingerprint density at radius 3 is 2.17 bits per heavy atom. The molecule has 5 heteroatoms. The number of nitrogens with zero attached hydrogens (tertiary/aromatic N) is 2. The van der Waals surface area contributed by atoms with Crippen molar-refractivity contribution in [1.82, 2.24) is 0 Å². The molecular formula is C24H30N2O3. The van der Waals surface area contributed by atoms with E-state index in [-0.39, 0.29) is 11.2 Å². The van der Waals surface area contributed by atoms with Crippen LogP contribution in [-0.4, -0.2) is 32.8 Å². The average molecular weight is 395 g/mol. The van der Waals surface area contributed by atoms with Crippen molar-refractivity contribution in [3.05, 3.63) is 59.2 Å². The summed E-state index contributed by atoms with van der Waals surface area (Å²) < 4.78 is 10.6. The van der Waals surface area contributed by atoms with Crippen LogP contribution in [0.15, 0.2) is 47.5 Å². The molecule has 0 atom stereocenters. The van der Waals surface area contributed by atoms with Crippen LogP contribution in [0.5, 0.6) is 11.5 Å². The standard InChI is InChI=1S/C15H23NO2.C9H7NO/c1-15(2,3)10-12(16-4)11-7-8-13(17-5)14(9-11)18-6;1-7(11)9-4-2-3-8(5-9)6-10/h7-9H,10H2,1-6H3;2-5H,1H3. The number of carbonyl (C=O) groups is 1. The number of Topliss-reactive ketones (excluding diaryl/α,β-unsaturated/α-hetero) is 1. The minimum absolute atomic E-state index is 0.0119. The molecule has 154 valence electrons. The molecule has 5 nitrogen and oxygen atoms in total. The van der Waals surface area contributed by atoms with Gasteiger partial charge in [0.05, 0.1) is 25.9 Å². The van der Waals surface area contributed by atoms with Gasteiger partial charge in [0.1, 0.15) is 0 Å². The van der Waals surface area contributed by atoms with E-state index in [2.05, 4.69) is 25.8 Å². The van der Waals surface area contributed by atoms with E-state index >= 15 is 0 Å². The number of carbonyl (C=O) groups excluding carboxylic acids is 1. The summed E-state index contributed by atoms with van der Waals surface area (Å²) in [5.41, 5.74) is 3.50. The van der Waals surface area contributed by atoms with E-state index in [0.29, 0.717) is 11.1 Å². The van der Waals surface area contributed by atoms with Crippen molar-refractivity contribution in [3.8, 4) is 17.6 Å². The smallest absolute Gasteiger partial charge is 0.161 e. The second-order valence-corrected chi connectivity index (χ2v) is 7.73. The molecule has 0 unspecified atom stereocenters. The normalized spacial score (nSPS) is 11.0. The van der Waals surface area contributed by atoms with Crippen molar-refractivity contribution in [2.75, 3.05) is 21.3 Å². The first-order valence-electron chi connectivity index (χ1n) is 9.34. The molecule has 0 saturated carbocycles. The molecule has 2 aromatic carbocycles. The third kappa shape index (κ3) is 7.79. The SMILES string of the molecule is CC(=O)c1cccc(C#N)c1.CN=C(CC(C)(C)C)c1ccc(OC)c(OC)c1. The Kier molecular flexibility index (Phi) is 9.08. The summed E-state index contributed by atoms with van der Waals surface area (Å²) in [5.74, 6) is 1.47. The van der Waals surface area contributed by atoms with Crippen LogP contribution in [0.4, 0.5) is 0 Å². The third-order valence-electron chi connectivity index (χ3n) is 4.08. The number of hydrogen-bond acceptors (Lipinski definition) is 5. The second-order valence-electron chi connectivity index (χ2n) is 7.73. The number of aliphatic imine (C=N–C) groups is 1. The highest BCUT2D eigenvalue weighted by molar-refractivity contribution is 6.01. The molecule has 0 aliphatic rings. The van der Waals surface area contributed by atoms with Crippen molar-refractivity contribution < 1.29 is 14.3 Å². The van der Waals surface area contributed by atoms with Gasteiger partial charge in [-0.15, -0.1) is 0 Å². The summed E-state index contributed by atoms with van der Waals surface area (Å²) in [6, 6.07) is 14.6. The lowest BCUT2D eigenvalue weighted by molar-refractivity contribution is 0.101. The van der Waals surface area contributed by atoms with E-state index in [9.17, 15) is 4.79 Å². The zero-order chi connectivity index (χ0) is 22.0. The lowest BCUT2D eigenvalue weighted by Crippen LogP contribution is -2.14. The van der Waals surface area contributed by atoms with Gasteiger partial charge < -0.3 is 9.47 Å². The number of nitriles is 1. The Hall–Kier alpha value is -3.13. The quantitative estimate of drug-likeness (QED) is 0.508. The molecule has 0 aliphatic heterocycles. The van der Waals surface area contributed by atoms with E-state index in [1.54, 1.807) is 38.5 Å². The molecule has 2 aromatic rings. The molecule has 0 radical (unpaired) electrons. The minimum atomic E-state index is -0.0119.